The van der Waals surface area contributed by atoms with Gasteiger partial charge in [-0.1, -0.05) is 51.4 Å². The van der Waals surface area contributed by atoms with Crippen molar-refractivity contribution in [3.05, 3.63) is 17.8 Å². The van der Waals surface area contributed by atoms with Gasteiger partial charge in [0.25, 0.3) is 0 Å². The molecule has 0 spiro atoms. The molecule has 35 heavy (non-hydrogen) atoms. The smallest absolute Gasteiger partial charge is 0.184 e. The zero-order valence-electron chi connectivity index (χ0n) is 21.8. The van der Waals surface area contributed by atoms with E-state index in [9.17, 15) is 4.79 Å². The van der Waals surface area contributed by atoms with Gasteiger partial charge in [0.15, 0.2) is 11.4 Å². The SMILES string of the molecule is Cn1nc(C(=O)CC2CCN(CC3CCCCC3)CC2)c2ccc(NC3CCCCCCC3)nc21. The molecule has 6 nitrogen and oxygen atoms in total. The second-order valence-corrected chi connectivity index (χ2v) is 11.6. The van der Waals surface area contributed by atoms with Gasteiger partial charge in [0.2, 0.25) is 0 Å². The normalized spacial score (nSPS) is 22.2. The number of piperidine rings is 1. The number of aromatic nitrogens is 3. The Morgan fingerprint density at radius 1 is 0.886 bits per heavy atom. The van der Waals surface area contributed by atoms with Gasteiger partial charge >= 0.3 is 0 Å². The summed E-state index contributed by atoms with van der Waals surface area (Å²) in [6.45, 7) is 3.57. The molecule has 6 heteroatoms. The lowest BCUT2D eigenvalue weighted by molar-refractivity contribution is 0.0910. The van der Waals surface area contributed by atoms with Crippen LogP contribution in [0.2, 0.25) is 0 Å². The van der Waals surface area contributed by atoms with E-state index in [1.165, 1.54) is 83.6 Å². The highest BCUT2D eigenvalue weighted by Gasteiger charge is 2.26. The van der Waals surface area contributed by atoms with Crippen molar-refractivity contribution >= 4 is 22.6 Å². The fourth-order valence-corrected chi connectivity index (χ4v) is 6.69. The van der Waals surface area contributed by atoms with Gasteiger partial charge in [-0.2, -0.15) is 5.10 Å². The van der Waals surface area contributed by atoms with E-state index in [1.807, 2.05) is 13.1 Å². The van der Waals surface area contributed by atoms with Gasteiger partial charge in [0.1, 0.15) is 11.5 Å². The molecule has 0 amide bonds. The maximum absolute atomic E-state index is 13.3. The first-order chi connectivity index (χ1) is 17.2. The van der Waals surface area contributed by atoms with Gasteiger partial charge in [-0.15, -0.1) is 0 Å². The lowest BCUT2D eigenvalue weighted by Crippen LogP contribution is -2.38. The van der Waals surface area contributed by atoms with E-state index in [-0.39, 0.29) is 5.78 Å². The summed E-state index contributed by atoms with van der Waals surface area (Å²) in [5.74, 6) is 2.48. The quantitative estimate of drug-likeness (QED) is 0.468. The average molecular weight is 480 g/mol. The monoisotopic (exact) mass is 479 g/mol. The second-order valence-electron chi connectivity index (χ2n) is 11.6. The fourth-order valence-electron chi connectivity index (χ4n) is 6.69. The summed E-state index contributed by atoms with van der Waals surface area (Å²) in [7, 11) is 1.91. The predicted molar refractivity (Wildman–Crippen MR) is 143 cm³/mol. The minimum absolute atomic E-state index is 0.184. The van der Waals surface area contributed by atoms with Gasteiger partial charge in [0.05, 0.1) is 5.39 Å². The molecular formula is C29H45N5O. The number of fused-ring (bicyclic) bond motifs is 1. The maximum atomic E-state index is 13.3. The lowest BCUT2D eigenvalue weighted by atomic mass is 9.87. The van der Waals surface area contributed by atoms with Gasteiger partial charge in [0, 0.05) is 26.1 Å². The molecular weight excluding hydrogens is 434 g/mol. The third-order valence-electron chi connectivity index (χ3n) is 8.83. The molecule has 0 aromatic carbocycles. The second kappa shape index (κ2) is 11.9. The summed E-state index contributed by atoms with van der Waals surface area (Å²) in [6.07, 6.45) is 19.1. The molecule has 2 aromatic rings. The zero-order valence-corrected chi connectivity index (χ0v) is 21.8. The summed E-state index contributed by atoms with van der Waals surface area (Å²) >= 11 is 0. The van der Waals surface area contributed by atoms with Crippen LogP contribution in [0.5, 0.6) is 0 Å². The molecule has 3 heterocycles. The number of aryl methyl sites for hydroxylation is 1. The van der Waals surface area contributed by atoms with Crippen LogP contribution in [0.4, 0.5) is 5.82 Å². The molecule has 3 aliphatic rings. The number of Topliss-reactive ketones (excluding diaryl/α,β-unsaturated/α-hetero) is 1. The number of ketones is 1. The van der Waals surface area contributed by atoms with Crippen molar-refractivity contribution in [3.8, 4) is 0 Å². The summed E-state index contributed by atoms with van der Waals surface area (Å²) in [5.41, 5.74) is 1.42. The van der Waals surface area contributed by atoms with Crippen LogP contribution in [0.3, 0.4) is 0 Å². The van der Waals surface area contributed by atoms with Crippen molar-refractivity contribution in [2.24, 2.45) is 18.9 Å². The van der Waals surface area contributed by atoms with Crippen LogP contribution in [0.15, 0.2) is 12.1 Å². The number of hydrogen-bond donors (Lipinski definition) is 1. The standard InChI is InChI=1S/C29H45N5O/c1-33-29-25(14-15-27(31-29)30-24-12-8-3-2-4-9-13-24)28(32-33)26(35)20-22-16-18-34(19-17-22)21-23-10-6-5-7-11-23/h14-15,22-24H,2-13,16-21H2,1H3,(H,30,31). The molecule has 2 saturated carbocycles. The number of nitrogens with zero attached hydrogens (tertiary/aromatic N) is 4. The molecule has 2 aromatic heterocycles. The highest BCUT2D eigenvalue weighted by Crippen LogP contribution is 2.29. The van der Waals surface area contributed by atoms with Crippen molar-refractivity contribution in [2.45, 2.75) is 102 Å². The zero-order chi connectivity index (χ0) is 24.0. The highest BCUT2D eigenvalue weighted by atomic mass is 16.1. The van der Waals surface area contributed by atoms with Gasteiger partial charge < -0.3 is 10.2 Å². The number of likely N-dealkylation sites (tertiary alicyclic amines) is 1. The molecule has 2 aliphatic carbocycles. The van der Waals surface area contributed by atoms with Crippen LogP contribution < -0.4 is 5.32 Å². The molecule has 1 saturated heterocycles. The Labute approximate surface area is 211 Å². The van der Waals surface area contributed by atoms with Gasteiger partial charge in [-0.3, -0.25) is 4.79 Å². The molecule has 0 unspecified atom stereocenters. The molecule has 0 atom stereocenters. The predicted octanol–water partition coefficient (Wildman–Crippen LogP) is 6.36. The lowest BCUT2D eigenvalue weighted by Gasteiger charge is -2.35. The number of anilines is 1. The first kappa shape index (κ1) is 24.7. The average Bonchev–Trinajstić information content (AvgIpc) is 3.19. The van der Waals surface area contributed by atoms with Crippen molar-refractivity contribution in [3.63, 3.8) is 0 Å². The first-order valence-corrected chi connectivity index (χ1v) is 14.5. The van der Waals surface area contributed by atoms with Gasteiger partial charge in [-0.25, -0.2) is 9.67 Å². The van der Waals surface area contributed by atoms with Crippen molar-refractivity contribution in [2.75, 3.05) is 25.0 Å². The van der Waals surface area contributed by atoms with Crippen molar-refractivity contribution in [1.82, 2.24) is 19.7 Å². The Hall–Kier alpha value is -1.95. The molecule has 0 radical (unpaired) electrons. The number of carbonyl (C=O) groups is 1. The van der Waals surface area contributed by atoms with Gasteiger partial charge in [-0.05, 0) is 75.6 Å². The summed E-state index contributed by atoms with van der Waals surface area (Å²) < 4.78 is 1.79. The minimum Gasteiger partial charge on any atom is -0.367 e. The van der Waals surface area contributed by atoms with E-state index >= 15 is 0 Å². The number of rotatable bonds is 7. The topological polar surface area (TPSA) is 63.1 Å². The Kier molecular flexibility index (Phi) is 8.38. The molecule has 3 fully saturated rings. The Morgan fingerprint density at radius 3 is 2.29 bits per heavy atom. The number of carbonyl (C=O) groups excluding carboxylic acids is 1. The van der Waals surface area contributed by atoms with Crippen molar-refractivity contribution in [1.29, 1.82) is 0 Å². The van der Waals surface area contributed by atoms with E-state index in [0.29, 0.717) is 24.1 Å². The number of hydrogen-bond acceptors (Lipinski definition) is 5. The summed E-state index contributed by atoms with van der Waals surface area (Å²) in [5, 5.41) is 9.19. The summed E-state index contributed by atoms with van der Waals surface area (Å²) in [4.78, 5) is 20.8. The van der Waals surface area contributed by atoms with E-state index in [1.54, 1.807) is 4.68 Å². The van der Waals surface area contributed by atoms with E-state index in [2.05, 4.69) is 21.4 Å². The third-order valence-corrected chi connectivity index (χ3v) is 8.83. The van der Waals surface area contributed by atoms with Crippen LogP contribution in [0, 0.1) is 11.8 Å². The third kappa shape index (κ3) is 6.44. The van der Waals surface area contributed by atoms with E-state index in [0.717, 1.165) is 48.7 Å². The highest BCUT2D eigenvalue weighted by molar-refractivity contribution is 6.05. The Bertz CT molecular complexity index is 963. The minimum atomic E-state index is 0.184. The van der Waals surface area contributed by atoms with Crippen LogP contribution in [-0.4, -0.2) is 51.1 Å². The maximum Gasteiger partial charge on any atom is 0.184 e. The largest absolute Gasteiger partial charge is 0.367 e. The van der Waals surface area contributed by atoms with Crippen LogP contribution in [0.1, 0.15) is 107 Å². The van der Waals surface area contributed by atoms with Crippen LogP contribution >= 0.6 is 0 Å². The van der Waals surface area contributed by atoms with E-state index in [4.69, 9.17) is 4.98 Å². The first-order valence-electron chi connectivity index (χ1n) is 14.5. The number of pyridine rings is 1. The summed E-state index contributed by atoms with van der Waals surface area (Å²) in [6, 6.07) is 4.60. The van der Waals surface area contributed by atoms with Crippen LogP contribution in [0.25, 0.3) is 11.0 Å². The molecule has 5 rings (SSSR count). The number of nitrogens with one attached hydrogen (secondary N) is 1. The molecule has 1 N–H and O–H groups in total. The molecule has 0 bridgehead atoms. The fraction of sp³-hybridized carbons (Fsp3) is 0.759. The Morgan fingerprint density at radius 2 is 1.54 bits per heavy atom. The molecule has 1 aliphatic heterocycles. The van der Waals surface area contributed by atoms with E-state index < -0.39 is 0 Å². The molecule has 192 valence electrons. The van der Waals surface area contributed by atoms with Crippen LogP contribution in [-0.2, 0) is 7.05 Å². The van der Waals surface area contributed by atoms with Crippen molar-refractivity contribution < 1.29 is 4.79 Å². The Balaban J connectivity index is 1.17.